The van der Waals surface area contributed by atoms with E-state index in [0.29, 0.717) is 25.2 Å². The summed E-state index contributed by atoms with van der Waals surface area (Å²) >= 11 is 1.63. The summed E-state index contributed by atoms with van der Waals surface area (Å²) in [6.45, 7) is 2.55. The van der Waals surface area contributed by atoms with Crippen molar-refractivity contribution in [1.29, 1.82) is 0 Å². The molecule has 1 aliphatic carbocycles. The van der Waals surface area contributed by atoms with Crippen LogP contribution in [0.25, 0.3) is 0 Å². The van der Waals surface area contributed by atoms with E-state index in [4.69, 9.17) is 5.73 Å². The molecule has 1 aromatic rings. The van der Waals surface area contributed by atoms with Crippen LogP contribution in [0.3, 0.4) is 0 Å². The van der Waals surface area contributed by atoms with Crippen molar-refractivity contribution in [3.63, 3.8) is 0 Å². The molecule has 3 nitrogen and oxygen atoms in total. The molecule has 0 fully saturated rings. The third-order valence-corrected chi connectivity index (χ3v) is 3.60. The van der Waals surface area contributed by atoms with Gasteiger partial charge in [0.1, 0.15) is 10.8 Å². The summed E-state index contributed by atoms with van der Waals surface area (Å²) in [6.07, 6.45) is 8.13. The average Bonchev–Trinajstić information content (AvgIpc) is 2.76. The Balaban J connectivity index is 1.84. The first-order valence-corrected chi connectivity index (χ1v) is 6.69. The van der Waals surface area contributed by atoms with Crippen molar-refractivity contribution in [2.75, 3.05) is 0 Å². The van der Waals surface area contributed by atoms with Crippen LogP contribution < -0.4 is 5.73 Å². The SMILES string of the molecule is Cc1cnc(CN=C(N)CC2C=CC(F)=CC2)s1. The number of hydrogen-bond acceptors (Lipinski definition) is 3. The summed E-state index contributed by atoms with van der Waals surface area (Å²) < 4.78 is 12.8. The topological polar surface area (TPSA) is 51.3 Å². The normalized spacial score (nSPS) is 20.0. The van der Waals surface area contributed by atoms with E-state index in [1.165, 1.54) is 11.0 Å². The standard InChI is InChI=1S/C13H16FN3S/c1-9-7-17-13(18-9)8-16-12(15)6-10-2-4-11(14)5-3-10/h2,4-5,7,10H,3,6,8H2,1H3,(H2,15,16). The summed E-state index contributed by atoms with van der Waals surface area (Å²) in [5.41, 5.74) is 5.87. The first-order chi connectivity index (χ1) is 8.63. The third kappa shape index (κ3) is 3.77. The number of rotatable bonds is 4. The highest BCUT2D eigenvalue weighted by molar-refractivity contribution is 7.11. The van der Waals surface area contributed by atoms with Crippen molar-refractivity contribution in [1.82, 2.24) is 4.98 Å². The zero-order valence-electron chi connectivity index (χ0n) is 10.3. The Morgan fingerprint density at radius 3 is 3.11 bits per heavy atom. The lowest BCUT2D eigenvalue weighted by Gasteiger charge is -2.12. The number of nitrogens with zero attached hydrogens (tertiary/aromatic N) is 2. The second-order valence-corrected chi connectivity index (χ2v) is 5.64. The molecular weight excluding hydrogens is 249 g/mol. The molecule has 0 saturated heterocycles. The van der Waals surface area contributed by atoms with Crippen LogP contribution in [0.1, 0.15) is 22.7 Å². The molecule has 0 saturated carbocycles. The predicted octanol–water partition coefficient (Wildman–Crippen LogP) is 3.13. The number of aromatic nitrogens is 1. The molecule has 1 unspecified atom stereocenters. The van der Waals surface area contributed by atoms with Gasteiger partial charge < -0.3 is 5.73 Å². The molecule has 1 aliphatic rings. The summed E-state index contributed by atoms with van der Waals surface area (Å²) in [6, 6.07) is 0. The van der Waals surface area contributed by atoms with Crippen LogP contribution >= 0.6 is 11.3 Å². The van der Waals surface area contributed by atoms with Crippen molar-refractivity contribution in [2.24, 2.45) is 16.6 Å². The lowest BCUT2D eigenvalue weighted by molar-refractivity contribution is 0.609. The summed E-state index contributed by atoms with van der Waals surface area (Å²) in [5.74, 6) is 0.694. The van der Waals surface area contributed by atoms with Crippen LogP contribution in [0.15, 0.2) is 35.2 Å². The molecule has 0 radical (unpaired) electrons. The second kappa shape index (κ2) is 5.91. The van der Waals surface area contributed by atoms with Gasteiger partial charge in [0.2, 0.25) is 0 Å². The van der Waals surface area contributed by atoms with Crippen LogP contribution in [-0.2, 0) is 6.54 Å². The van der Waals surface area contributed by atoms with Crippen molar-refractivity contribution in [2.45, 2.75) is 26.3 Å². The van der Waals surface area contributed by atoms with Crippen molar-refractivity contribution >= 4 is 17.2 Å². The molecule has 0 spiro atoms. The minimum atomic E-state index is -0.167. The van der Waals surface area contributed by atoms with Crippen LogP contribution in [-0.4, -0.2) is 10.8 Å². The van der Waals surface area contributed by atoms with Crippen molar-refractivity contribution < 1.29 is 4.39 Å². The Morgan fingerprint density at radius 2 is 2.50 bits per heavy atom. The molecule has 18 heavy (non-hydrogen) atoms. The molecule has 1 aromatic heterocycles. The number of allylic oxidation sites excluding steroid dienone is 4. The average molecular weight is 265 g/mol. The van der Waals surface area contributed by atoms with Gasteiger partial charge in [-0.2, -0.15) is 0 Å². The highest BCUT2D eigenvalue weighted by Gasteiger charge is 2.10. The van der Waals surface area contributed by atoms with E-state index in [1.54, 1.807) is 17.4 Å². The van der Waals surface area contributed by atoms with Crippen LogP contribution in [0.4, 0.5) is 4.39 Å². The lowest BCUT2D eigenvalue weighted by atomic mass is 9.96. The minimum Gasteiger partial charge on any atom is -0.387 e. The highest BCUT2D eigenvalue weighted by atomic mass is 32.1. The predicted molar refractivity (Wildman–Crippen MR) is 73.2 cm³/mol. The van der Waals surface area contributed by atoms with Crippen molar-refractivity contribution in [3.05, 3.63) is 40.1 Å². The number of thiazole rings is 1. The monoisotopic (exact) mass is 265 g/mol. The number of aryl methyl sites for hydroxylation is 1. The maximum absolute atomic E-state index is 12.8. The van der Waals surface area contributed by atoms with Gasteiger partial charge in [-0.3, -0.25) is 4.99 Å². The zero-order valence-corrected chi connectivity index (χ0v) is 11.1. The summed E-state index contributed by atoms with van der Waals surface area (Å²) in [4.78, 5) is 9.72. The van der Waals surface area contributed by atoms with Gasteiger partial charge in [0, 0.05) is 17.5 Å². The fourth-order valence-corrected chi connectivity index (χ4v) is 2.48. The lowest BCUT2D eigenvalue weighted by Crippen LogP contribution is -2.17. The Bertz CT molecular complexity index is 502. The first-order valence-electron chi connectivity index (χ1n) is 5.87. The van der Waals surface area contributed by atoms with Gasteiger partial charge >= 0.3 is 0 Å². The number of nitrogens with two attached hydrogens (primary N) is 1. The smallest absolute Gasteiger partial charge is 0.118 e. The second-order valence-electron chi connectivity index (χ2n) is 4.32. The van der Waals surface area contributed by atoms with Crippen molar-refractivity contribution in [3.8, 4) is 0 Å². The van der Waals surface area contributed by atoms with E-state index >= 15 is 0 Å². The Kier molecular flexibility index (Phi) is 4.25. The Morgan fingerprint density at radius 1 is 1.67 bits per heavy atom. The third-order valence-electron chi connectivity index (χ3n) is 2.70. The summed E-state index contributed by atoms with van der Waals surface area (Å²) in [5, 5.41) is 0.973. The van der Waals surface area contributed by atoms with E-state index in [0.717, 1.165) is 5.01 Å². The van der Waals surface area contributed by atoms with E-state index in [9.17, 15) is 4.39 Å². The van der Waals surface area contributed by atoms with Crippen LogP contribution in [0.5, 0.6) is 0 Å². The molecule has 0 bridgehead atoms. The maximum Gasteiger partial charge on any atom is 0.118 e. The molecule has 0 aliphatic heterocycles. The van der Waals surface area contributed by atoms with E-state index in [2.05, 4.69) is 9.98 Å². The number of aliphatic imine (C=N–C) groups is 1. The Hall–Kier alpha value is -1.49. The van der Waals surface area contributed by atoms with Gasteiger partial charge in [-0.25, -0.2) is 9.37 Å². The van der Waals surface area contributed by atoms with Gasteiger partial charge in [-0.05, 0) is 31.4 Å². The van der Waals surface area contributed by atoms with E-state index in [1.807, 2.05) is 19.2 Å². The van der Waals surface area contributed by atoms with E-state index < -0.39 is 0 Å². The quantitative estimate of drug-likeness (QED) is 0.671. The molecule has 0 aromatic carbocycles. The number of hydrogen-bond donors (Lipinski definition) is 1. The fraction of sp³-hybridized carbons (Fsp3) is 0.385. The molecule has 0 amide bonds. The number of halogens is 1. The van der Waals surface area contributed by atoms with Gasteiger partial charge in [0.25, 0.3) is 0 Å². The highest BCUT2D eigenvalue weighted by Crippen LogP contribution is 2.20. The Labute approximate surface area is 110 Å². The molecule has 2 N–H and O–H groups in total. The van der Waals surface area contributed by atoms with Crippen LogP contribution in [0, 0.1) is 12.8 Å². The van der Waals surface area contributed by atoms with Gasteiger partial charge in [0.15, 0.2) is 0 Å². The zero-order chi connectivity index (χ0) is 13.0. The number of amidine groups is 1. The largest absolute Gasteiger partial charge is 0.387 e. The fourth-order valence-electron chi connectivity index (χ4n) is 1.77. The van der Waals surface area contributed by atoms with Gasteiger partial charge in [-0.15, -0.1) is 11.3 Å². The maximum atomic E-state index is 12.8. The van der Waals surface area contributed by atoms with E-state index in [-0.39, 0.29) is 11.7 Å². The summed E-state index contributed by atoms with van der Waals surface area (Å²) in [7, 11) is 0. The molecule has 2 rings (SSSR count). The molecule has 96 valence electrons. The molecule has 1 atom stereocenters. The molecular formula is C13H16FN3S. The molecule has 1 heterocycles. The van der Waals surface area contributed by atoms with Gasteiger partial charge in [0.05, 0.1) is 12.4 Å². The molecule has 5 heteroatoms. The van der Waals surface area contributed by atoms with Crippen LogP contribution in [0.2, 0.25) is 0 Å². The first kappa shape index (κ1) is 13.0. The minimum absolute atomic E-state index is 0.167. The van der Waals surface area contributed by atoms with Gasteiger partial charge in [-0.1, -0.05) is 6.08 Å².